The fourth-order valence-electron chi connectivity index (χ4n) is 4.78. The summed E-state index contributed by atoms with van der Waals surface area (Å²) in [5.74, 6) is -1.07. The molecule has 1 fully saturated rings. The molecule has 1 saturated heterocycles. The van der Waals surface area contributed by atoms with Gasteiger partial charge in [0.25, 0.3) is 0 Å². The standard InChI is InChI=1S/C29H36F2N8O3Si/c1-37(29(40)41)17-19-13-21(30)25(22(31)14-19)28-34-16-23-27(35-28)26(36-39(23)18-42-11-12-43(2,3)4)20-5-6-24(33-15-20)38-9-7-32-8-10-38/h5-6,13-16,32H,7-12,17-18H2,1-4H3,(H,40,41). The average molecular weight is 611 g/mol. The van der Waals surface area contributed by atoms with Gasteiger partial charge in [-0.05, 0) is 35.9 Å². The van der Waals surface area contributed by atoms with E-state index in [-0.39, 0.29) is 24.7 Å². The van der Waals surface area contributed by atoms with E-state index in [0.29, 0.717) is 28.9 Å². The number of ether oxygens (including phenoxy) is 1. The molecule has 2 N–H and O–H groups in total. The van der Waals surface area contributed by atoms with Crippen LogP contribution in [-0.2, 0) is 18.0 Å². The Balaban J connectivity index is 1.51. The molecule has 1 amide bonds. The lowest BCUT2D eigenvalue weighted by Crippen LogP contribution is -2.43. The van der Waals surface area contributed by atoms with Crippen molar-refractivity contribution in [1.82, 2.24) is 34.9 Å². The third kappa shape index (κ3) is 7.14. The first-order chi connectivity index (χ1) is 20.5. The van der Waals surface area contributed by atoms with Crippen molar-refractivity contribution in [3.63, 3.8) is 0 Å². The summed E-state index contributed by atoms with van der Waals surface area (Å²) in [6.45, 7) is 10.9. The third-order valence-electron chi connectivity index (χ3n) is 7.24. The second-order valence-corrected chi connectivity index (χ2v) is 17.5. The molecule has 1 aliphatic rings. The van der Waals surface area contributed by atoms with Crippen molar-refractivity contribution < 1.29 is 23.4 Å². The van der Waals surface area contributed by atoms with E-state index in [1.54, 1.807) is 10.9 Å². The fraction of sp³-hybridized carbons (Fsp3) is 0.414. The molecule has 0 atom stereocenters. The molecule has 43 heavy (non-hydrogen) atoms. The Hall–Kier alpha value is -4.01. The summed E-state index contributed by atoms with van der Waals surface area (Å²) in [5.41, 5.74) is 1.92. The van der Waals surface area contributed by atoms with Gasteiger partial charge in [0.15, 0.2) is 5.82 Å². The molecule has 1 aromatic carbocycles. The number of pyridine rings is 1. The molecule has 4 heterocycles. The average Bonchev–Trinajstić information content (AvgIpc) is 3.33. The smallest absolute Gasteiger partial charge is 0.407 e. The van der Waals surface area contributed by atoms with Crippen molar-refractivity contribution in [2.45, 2.75) is 39.0 Å². The predicted molar refractivity (Wildman–Crippen MR) is 163 cm³/mol. The highest BCUT2D eigenvalue weighted by atomic mass is 28.3. The summed E-state index contributed by atoms with van der Waals surface area (Å²) in [7, 11) is 0.0322. The molecular weight excluding hydrogens is 574 g/mol. The number of nitrogens with zero attached hydrogens (tertiary/aromatic N) is 7. The van der Waals surface area contributed by atoms with Gasteiger partial charge >= 0.3 is 6.09 Å². The second kappa shape index (κ2) is 12.7. The summed E-state index contributed by atoms with van der Waals surface area (Å²) in [6.07, 6.45) is 2.01. The number of nitrogens with one attached hydrogen (secondary N) is 1. The topological polar surface area (TPSA) is 122 Å². The molecule has 0 radical (unpaired) electrons. The number of halogens is 2. The summed E-state index contributed by atoms with van der Waals surface area (Å²) in [4.78, 5) is 27.8. The van der Waals surface area contributed by atoms with Crippen molar-refractivity contribution in [3.8, 4) is 22.6 Å². The van der Waals surface area contributed by atoms with E-state index >= 15 is 8.78 Å². The monoisotopic (exact) mass is 610 g/mol. The molecule has 3 aromatic heterocycles. The van der Waals surface area contributed by atoms with E-state index in [9.17, 15) is 4.79 Å². The van der Waals surface area contributed by atoms with Crippen LogP contribution in [-0.4, -0.2) is 88.7 Å². The number of aromatic nitrogens is 5. The second-order valence-electron chi connectivity index (χ2n) is 11.8. The molecule has 11 nitrogen and oxygen atoms in total. The normalized spacial score (nSPS) is 14.0. The van der Waals surface area contributed by atoms with Crippen molar-refractivity contribution in [3.05, 3.63) is 53.9 Å². The molecule has 14 heteroatoms. The van der Waals surface area contributed by atoms with E-state index in [1.165, 1.54) is 13.2 Å². The zero-order valence-corrected chi connectivity index (χ0v) is 25.8. The minimum atomic E-state index is -1.29. The van der Waals surface area contributed by atoms with Gasteiger partial charge in [-0.25, -0.2) is 33.2 Å². The maximum atomic E-state index is 15.3. The number of piperazine rings is 1. The zero-order valence-electron chi connectivity index (χ0n) is 24.8. The largest absolute Gasteiger partial charge is 0.465 e. The van der Waals surface area contributed by atoms with Crippen LogP contribution < -0.4 is 10.2 Å². The van der Waals surface area contributed by atoms with Crippen LogP contribution in [0, 0.1) is 11.6 Å². The van der Waals surface area contributed by atoms with Gasteiger partial charge in [0.2, 0.25) is 0 Å². The van der Waals surface area contributed by atoms with Gasteiger partial charge in [0.1, 0.15) is 40.9 Å². The first kappa shape index (κ1) is 30.4. The zero-order chi connectivity index (χ0) is 30.7. The highest BCUT2D eigenvalue weighted by Gasteiger charge is 2.22. The minimum Gasteiger partial charge on any atom is -0.465 e. The molecule has 0 saturated carbocycles. The van der Waals surface area contributed by atoms with Gasteiger partial charge in [-0.3, -0.25) is 0 Å². The van der Waals surface area contributed by atoms with E-state index < -0.39 is 31.4 Å². The number of fused-ring (bicyclic) bond motifs is 1. The number of rotatable bonds is 10. The lowest BCUT2D eigenvalue weighted by atomic mass is 10.1. The number of hydrogen-bond acceptors (Lipinski definition) is 8. The van der Waals surface area contributed by atoms with Crippen LogP contribution in [0.25, 0.3) is 33.7 Å². The number of amides is 1. The first-order valence-electron chi connectivity index (χ1n) is 14.2. The van der Waals surface area contributed by atoms with Crippen molar-refractivity contribution in [2.75, 3.05) is 44.7 Å². The third-order valence-corrected chi connectivity index (χ3v) is 8.94. The van der Waals surface area contributed by atoms with Crippen LogP contribution in [0.1, 0.15) is 5.56 Å². The van der Waals surface area contributed by atoms with Crippen LogP contribution in [0.2, 0.25) is 25.7 Å². The molecule has 0 bridgehead atoms. The first-order valence-corrected chi connectivity index (χ1v) is 17.9. The van der Waals surface area contributed by atoms with Crippen LogP contribution in [0.5, 0.6) is 0 Å². The number of anilines is 1. The van der Waals surface area contributed by atoms with Crippen molar-refractivity contribution >= 4 is 31.0 Å². The summed E-state index contributed by atoms with van der Waals surface area (Å²) >= 11 is 0. The van der Waals surface area contributed by atoms with Crippen molar-refractivity contribution in [1.29, 1.82) is 0 Å². The fourth-order valence-corrected chi connectivity index (χ4v) is 5.54. The van der Waals surface area contributed by atoms with Gasteiger partial charge in [-0.1, -0.05) is 19.6 Å². The van der Waals surface area contributed by atoms with Gasteiger partial charge in [0.05, 0.1) is 11.8 Å². The predicted octanol–water partition coefficient (Wildman–Crippen LogP) is 4.67. The maximum absolute atomic E-state index is 15.3. The molecule has 228 valence electrons. The highest BCUT2D eigenvalue weighted by Crippen LogP contribution is 2.31. The quantitative estimate of drug-likeness (QED) is 0.195. The Bertz CT molecular complexity index is 1580. The van der Waals surface area contributed by atoms with Crippen LogP contribution >= 0.6 is 0 Å². The number of hydrogen-bond donors (Lipinski definition) is 2. The van der Waals surface area contributed by atoms with Gasteiger partial charge < -0.3 is 25.0 Å². The number of carbonyl (C=O) groups is 1. The number of benzene rings is 1. The molecule has 0 spiro atoms. The highest BCUT2D eigenvalue weighted by molar-refractivity contribution is 6.76. The SMILES string of the molecule is CN(Cc1cc(F)c(-c2ncc3c(n2)c(-c2ccc(N4CCNCC4)nc2)nn3COCC[Si](C)(C)C)c(F)c1)C(=O)O. The Morgan fingerprint density at radius 3 is 2.47 bits per heavy atom. The summed E-state index contributed by atoms with van der Waals surface area (Å²) < 4.78 is 38.1. The van der Waals surface area contributed by atoms with E-state index in [2.05, 4.69) is 44.8 Å². The van der Waals surface area contributed by atoms with Crippen LogP contribution in [0.4, 0.5) is 19.4 Å². The van der Waals surface area contributed by atoms with Gasteiger partial charge in [-0.2, -0.15) is 5.10 Å². The molecule has 5 rings (SSSR count). The Morgan fingerprint density at radius 1 is 1.12 bits per heavy atom. The van der Waals surface area contributed by atoms with E-state index in [0.717, 1.165) is 55.1 Å². The van der Waals surface area contributed by atoms with Gasteiger partial charge in [0, 0.05) is 66.2 Å². The summed E-state index contributed by atoms with van der Waals surface area (Å²) in [5, 5.41) is 17.2. The summed E-state index contributed by atoms with van der Waals surface area (Å²) in [6, 6.07) is 7.04. The maximum Gasteiger partial charge on any atom is 0.407 e. The Labute approximate surface area is 249 Å². The van der Waals surface area contributed by atoms with Gasteiger partial charge in [-0.15, -0.1) is 0 Å². The molecule has 0 unspecified atom stereocenters. The Morgan fingerprint density at radius 2 is 1.84 bits per heavy atom. The van der Waals surface area contributed by atoms with Crippen molar-refractivity contribution in [2.24, 2.45) is 0 Å². The molecule has 4 aromatic rings. The van der Waals surface area contributed by atoms with Crippen LogP contribution in [0.15, 0.2) is 36.7 Å². The minimum absolute atomic E-state index is 0.147. The number of carboxylic acid groups (broad SMARTS) is 1. The lowest BCUT2D eigenvalue weighted by Gasteiger charge is -2.28. The molecule has 1 aliphatic heterocycles. The van der Waals surface area contributed by atoms with Crippen LogP contribution in [0.3, 0.4) is 0 Å². The van der Waals surface area contributed by atoms with E-state index in [1.807, 2.05) is 12.1 Å². The molecule has 0 aliphatic carbocycles. The van der Waals surface area contributed by atoms with E-state index in [4.69, 9.17) is 14.9 Å². The molecular formula is C29H36F2N8O3Si. The Kier molecular flexibility index (Phi) is 8.99. The lowest BCUT2D eigenvalue weighted by molar-refractivity contribution is 0.0818.